The quantitative estimate of drug-likeness (QED) is 0.836. The summed E-state index contributed by atoms with van der Waals surface area (Å²) >= 11 is 6.19. The first-order chi connectivity index (χ1) is 11.8. The van der Waals surface area contributed by atoms with Gasteiger partial charge in [0.1, 0.15) is 5.84 Å². The van der Waals surface area contributed by atoms with Crippen LogP contribution in [0.3, 0.4) is 0 Å². The predicted molar refractivity (Wildman–Crippen MR) is 102 cm³/mol. The predicted octanol–water partition coefficient (Wildman–Crippen LogP) is 4.10. The maximum atomic E-state index is 11.6. The normalized spacial score (nSPS) is 22.4. The van der Waals surface area contributed by atoms with Gasteiger partial charge in [0.2, 0.25) is 0 Å². The van der Waals surface area contributed by atoms with Crippen molar-refractivity contribution in [3.8, 4) is 0 Å². The zero-order chi connectivity index (χ0) is 17.8. The van der Waals surface area contributed by atoms with Gasteiger partial charge >= 0.3 is 0 Å². The van der Waals surface area contributed by atoms with Gasteiger partial charge in [-0.2, -0.15) is 0 Å². The molecule has 0 aromatic heterocycles. The maximum Gasteiger partial charge on any atom is 0.169 e. The molecule has 2 aliphatic rings. The van der Waals surface area contributed by atoms with Gasteiger partial charge in [-0.15, -0.1) is 0 Å². The van der Waals surface area contributed by atoms with Gasteiger partial charge in [-0.1, -0.05) is 56.6 Å². The fourth-order valence-electron chi connectivity index (χ4n) is 3.82. The van der Waals surface area contributed by atoms with Crippen molar-refractivity contribution in [1.29, 1.82) is 0 Å². The first-order valence-electron chi connectivity index (χ1n) is 8.73. The van der Waals surface area contributed by atoms with E-state index in [1.54, 1.807) is 0 Å². The van der Waals surface area contributed by atoms with Crippen molar-refractivity contribution >= 4 is 17.4 Å². The second-order valence-corrected chi connectivity index (χ2v) is 8.42. The maximum absolute atomic E-state index is 11.6. The topological polar surface area (TPSA) is 35.8 Å². The van der Waals surface area contributed by atoms with Crippen molar-refractivity contribution in [2.75, 3.05) is 13.1 Å². The number of nitrogens with zero attached hydrogens (tertiary/aromatic N) is 2. The van der Waals surface area contributed by atoms with Crippen LogP contribution in [0.25, 0.3) is 0 Å². The lowest BCUT2D eigenvalue weighted by atomic mass is 9.83. The van der Waals surface area contributed by atoms with Crippen LogP contribution in [-0.2, 0) is 17.6 Å². The zero-order valence-corrected chi connectivity index (χ0v) is 15.6. The minimum Gasteiger partial charge on any atom is -0.366 e. The zero-order valence-electron chi connectivity index (χ0n) is 14.9. The summed E-state index contributed by atoms with van der Waals surface area (Å²) in [6.07, 6.45) is 0.511. The number of benzene rings is 2. The molecule has 0 bridgehead atoms. The number of amidine groups is 1. The van der Waals surface area contributed by atoms with Gasteiger partial charge in [-0.05, 0) is 34.7 Å². The van der Waals surface area contributed by atoms with Crippen molar-refractivity contribution in [2.24, 2.45) is 4.99 Å². The fraction of sp³-hybridized carbons (Fsp3) is 0.381. The van der Waals surface area contributed by atoms with E-state index in [1.807, 2.05) is 35.2 Å². The Hall–Kier alpha value is -1.84. The van der Waals surface area contributed by atoms with E-state index in [2.05, 4.69) is 37.9 Å². The Bertz CT molecular complexity index is 851. The molecule has 1 N–H and O–H groups in total. The minimum atomic E-state index is -1.08. The average molecular weight is 355 g/mol. The lowest BCUT2D eigenvalue weighted by molar-refractivity contribution is -0.0745. The molecule has 0 saturated carbocycles. The van der Waals surface area contributed by atoms with E-state index in [-0.39, 0.29) is 5.41 Å². The highest BCUT2D eigenvalue weighted by Gasteiger charge is 2.45. The largest absolute Gasteiger partial charge is 0.366 e. The van der Waals surface area contributed by atoms with Crippen LogP contribution in [-0.4, -0.2) is 28.9 Å². The molecule has 0 saturated heterocycles. The molecular weight excluding hydrogens is 332 g/mol. The average Bonchev–Trinajstić information content (AvgIpc) is 3.05. The van der Waals surface area contributed by atoms with Crippen LogP contribution in [0, 0.1) is 0 Å². The number of fused-ring (bicyclic) bond motifs is 3. The molecule has 25 heavy (non-hydrogen) atoms. The third-order valence-corrected chi connectivity index (χ3v) is 5.48. The molecule has 0 aliphatic carbocycles. The molecule has 0 radical (unpaired) electrons. The summed E-state index contributed by atoms with van der Waals surface area (Å²) in [4.78, 5) is 6.68. The number of hydrogen-bond acceptors (Lipinski definition) is 3. The Kier molecular flexibility index (Phi) is 3.71. The Morgan fingerprint density at radius 1 is 1.12 bits per heavy atom. The van der Waals surface area contributed by atoms with Gasteiger partial charge in [0.15, 0.2) is 5.72 Å². The standard InChI is InChI=1S/C21H23ClN2O/c1-20(2,3)15-4-6-16(7-5-15)21(25)13-14-12-17(22)8-9-18(14)19-23-10-11-24(19)21/h4-9,12,25H,10-11,13H2,1-3H3. The summed E-state index contributed by atoms with van der Waals surface area (Å²) in [7, 11) is 0. The molecule has 4 rings (SSSR count). The first-order valence-corrected chi connectivity index (χ1v) is 9.11. The van der Waals surface area contributed by atoms with E-state index in [4.69, 9.17) is 11.6 Å². The highest BCUT2D eigenvalue weighted by molar-refractivity contribution is 6.30. The van der Waals surface area contributed by atoms with Crippen LogP contribution in [0.2, 0.25) is 5.02 Å². The van der Waals surface area contributed by atoms with Gasteiger partial charge < -0.3 is 10.0 Å². The second kappa shape index (κ2) is 5.58. The molecule has 3 nitrogen and oxygen atoms in total. The summed E-state index contributed by atoms with van der Waals surface area (Å²) in [5.74, 6) is 0.875. The highest BCUT2D eigenvalue weighted by Crippen LogP contribution is 2.40. The van der Waals surface area contributed by atoms with Crippen LogP contribution in [0.4, 0.5) is 0 Å². The third-order valence-electron chi connectivity index (χ3n) is 5.25. The van der Waals surface area contributed by atoms with Crippen molar-refractivity contribution < 1.29 is 5.11 Å². The number of halogens is 1. The van der Waals surface area contributed by atoms with Gasteiger partial charge in [0, 0.05) is 29.1 Å². The van der Waals surface area contributed by atoms with Gasteiger partial charge in [-0.25, -0.2) is 0 Å². The van der Waals surface area contributed by atoms with Crippen LogP contribution in [0.15, 0.2) is 47.5 Å². The van der Waals surface area contributed by atoms with E-state index < -0.39 is 5.72 Å². The lowest BCUT2D eigenvalue weighted by Gasteiger charge is -2.44. The molecule has 0 fully saturated rings. The van der Waals surface area contributed by atoms with E-state index in [1.165, 1.54) is 5.56 Å². The molecule has 130 valence electrons. The molecule has 0 amide bonds. The molecule has 4 heteroatoms. The van der Waals surface area contributed by atoms with Crippen LogP contribution in [0.5, 0.6) is 0 Å². The van der Waals surface area contributed by atoms with Gasteiger partial charge in [0.05, 0.1) is 6.54 Å². The van der Waals surface area contributed by atoms with Crippen LogP contribution < -0.4 is 0 Å². The Morgan fingerprint density at radius 3 is 2.52 bits per heavy atom. The summed E-state index contributed by atoms with van der Waals surface area (Å²) in [6.45, 7) is 8.02. The van der Waals surface area contributed by atoms with Gasteiger partial charge in [0.25, 0.3) is 0 Å². The molecule has 2 heterocycles. The van der Waals surface area contributed by atoms with Crippen molar-refractivity contribution in [1.82, 2.24) is 4.90 Å². The van der Waals surface area contributed by atoms with Crippen molar-refractivity contribution in [2.45, 2.75) is 38.3 Å². The molecule has 2 aromatic rings. The van der Waals surface area contributed by atoms with Crippen molar-refractivity contribution in [3.63, 3.8) is 0 Å². The molecule has 1 atom stereocenters. The number of rotatable bonds is 1. The highest BCUT2D eigenvalue weighted by atomic mass is 35.5. The monoisotopic (exact) mass is 354 g/mol. The number of aliphatic hydroxyl groups is 1. The Labute approximate surface area is 154 Å². The second-order valence-electron chi connectivity index (χ2n) is 7.98. The Balaban J connectivity index is 1.80. The summed E-state index contributed by atoms with van der Waals surface area (Å²) in [5.41, 5.74) is 3.30. The molecule has 1 unspecified atom stereocenters. The summed E-state index contributed by atoms with van der Waals surface area (Å²) < 4.78 is 0. The summed E-state index contributed by atoms with van der Waals surface area (Å²) in [6, 6.07) is 14.2. The van der Waals surface area contributed by atoms with E-state index in [9.17, 15) is 5.11 Å². The number of hydrogen-bond donors (Lipinski definition) is 1. The summed E-state index contributed by atoms with van der Waals surface area (Å²) in [5, 5.41) is 12.3. The smallest absolute Gasteiger partial charge is 0.169 e. The molecule has 2 aromatic carbocycles. The van der Waals surface area contributed by atoms with Crippen LogP contribution in [0.1, 0.15) is 43.0 Å². The van der Waals surface area contributed by atoms with E-state index in [0.29, 0.717) is 18.0 Å². The lowest BCUT2D eigenvalue weighted by Crippen LogP contribution is -2.53. The Morgan fingerprint density at radius 2 is 1.84 bits per heavy atom. The molecule has 2 aliphatic heterocycles. The molecular formula is C21H23ClN2O. The van der Waals surface area contributed by atoms with Gasteiger partial charge in [-0.3, -0.25) is 4.99 Å². The third kappa shape index (κ3) is 2.66. The molecule has 0 spiro atoms. The van der Waals surface area contributed by atoms with E-state index >= 15 is 0 Å². The minimum absolute atomic E-state index is 0.0914. The fourth-order valence-corrected chi connectivity index (χ4v) is 4.02. The first kappa shape index (κ1) is 16.6. The SMILES string of the molecule is CC(C)(C)c1ccc(C2(O)Cc3cc(Cl)ccc3C3=NCCN32)cc1. The van der Waals surface area contributed by atoms with Crippen molar-refractivity contribution in [3.05, 3.63) is 69.7 Å². The number of aliphatic imine (C=N–C) groups is 1. The van der Waals surface area contributed by atoms with E-state index in [0.717, 1.165) is 29.1 Å². The van der Waals surface area contributed by atoms with Crippen LogP contribution >= 0.6 is 11.6 Å².